The lowest BCUT2D eigenvalue weighted by molar-refractivity contribution is 0.192. The molecule has 1 aliphatic carbocycles. The van der Waals surface area contributed by atoms with Crippen LogP contribution in [0.2, 0.25) is 0 Å². The van der Waals surface area contributed by atoms with Gasteiger partial charge < -0.3 is 15.7 Å². The van der Waals surface area contributed by atoms with Crippen molar-refractivity contribution < 1.29 is 5.11 Å². The molecule has 0 atom stereocenters. The van der Waals surface area contributed by atoms with Crippen molar-refractivity contribution in [3.8, 4) is 0 Å². The van der Waals surface area contributed by atoms with Crippen LogP contribution in [0.25, 0.3) is 0 Å². The second kappa shape index (κ2) is 5.40. The molecule has 0 aromatic carbocycles. The molecular formula is C9H18N2OS. The summed E-state index contributed by atoms with van der Waals surface area (Å²) in [5.74, 6) is 0. The molecule has 0 spiro atoms. The van der Waals surface area contributed by atoms with E-state index in [0.29, 0.717) is 17.7 Å². The molecule has 0 radical (unpaired) electrons. The van der Waals surface area contributed by atoms with Gasteiger partial charge in [-0.25, -0.2) is 0 Å². The van der Waals surface area contributed by atoms with Gasteiger partial charge in [-0.1, -0.05) is 19.3 Å². The van der Waals surface area contributed by atoms with Crippen molar-refractivity contribution in [2.75, 3.05) is 13.2 Å². The Morgan fingerprint density at radius 2 is 2.00 bits per heavy atom. The largest absolute Gasteiger partial charge is 0.395 e. The Labute approximate surface area is 84.9 Å². The van der Waals surface area contributed by atoms with Crippen LogP contribution in [0.1, 0.15) is 32.1 Å². The SMILES string of the molecule is NC(=S)N(CCO)C1CCCCC1. The Hall–Kier alpha value is -0.350. The molecule has 3 N–H and O–H groups in total. The van der Waals surface area contributed by atoms with E-state index in [1.54, 1.807) is 0 Å². The van der Waals surface area contributed by atoms with Gasteiger partial charge in [-0.05, 0) is 25.1 Å². The van der Waals surface area contributed by atoms with E-state index in [-0.39, 0.29) is 6.61 Å². The van der Waals surface area contributed by atoms with Crippen LogP contribution in [0.5, 0.6) is 0 Å². The lowest BCUT2D eigenvalue weighted by Gasteiger charge is -2.34. The van der Waals surface area contributed by atoms with E-state index in [9.17, 15) is 0 Å². The third kappa shape index (κ3) is 3.12. The Morgan fingerprint density at radius 3 is 2.46 bits per heavy atom. The number of rotatable bonds is 3. The summed E-state index contributed by atoms with van der Waals surface area (Å²) < 4.78 is 0. The van der Waals surface area contributed by atoms with Crippen LogP contribution in [-0.2, 0) is 0 Å². The molecule has 0 heterocycles. The molecule has 1 fully saturated rings. The monoisotopic (exact) mass is 202 g/mol. The standard InChI is InChI=1S/C9H18N2OS/c10-9(13)11(6-7-12)8-4-2-1-3-5-8/h8,12H,1-7H2,(H2,10,13). The van der Waals surface area contributed by atoms with Crippen molar-refractivity contribution in [2.24, 2.45) is 5.73 Å². The second-order valence-corrected chi connectivity index (χ2v) is 3.97. The summed E-state index contributed by atoms with van der Waals surface area (Å²) in [4.78, 5) is 1.97. The van der Waals surface area contributed by atoms with Crippen molar-refractivity contribution >= 4 is 17.3 Å². The van der Waals surface area contributed by atoms with Gasteiger partial charge in [0.1, 0.15) is 0 Å². The van der Waals surface area contributed by atoms with E-state index >= 15 is 0 Å². The fourth-order valence-corrected chi connectivity index (χ4v) is 2.21. The van der Waals surface area contributed by atoms with Crippen molar-refractivity contribution in [2.45, 2.75) is 38.1 Å². The molecule has 76 valence electrons. The molecule has 0 aliphatic heterocycles. The van der Waals surface area contributed by atoms with Crippen LogP contribution >= 0.6 is 12.2 Å². The zero-order valence-corrected chi connectivity index (χ0v) is 8.72. The summed E-state index contributed by atoms with van der Waals surface area (Å²) in [5, 5.41) is 9.29. The van der Waals surface area contributed by atoms with Crippen LogP contribution in [-0.4, -0.2) is 34.3 Å². The normalized spacial score (nSPS) is 18.5. The van der Waals surface area contributed by atoms with Crippen molar-refractivity contribution in [1.29, 1.82) is 0 Å². The van der Waals surface area contributed by atoms with E-state index in [4.69, 9.17) is 23.1 Å². The fraction of sp³-hybridized carbons (Fsp3) is 0.889. The maximum Gasteiger partial charge on any atom is 0.166 e. The number of aliphatic hydroxyl groups is 1. The number of nitrogens with two attached hydrogens (primary N) is 1. The van der Waals surface area contributed by atoms with Gasteiger partial charge in [-0.3, -0.25) is 0 Å². The van der Waals surface area contributed by atoms with Crippen molar-refractivity contribution in [3.05, 3.63) is 0 Å². The first-order chi connectivity index (χ1) is 6.25. The predicted molar refractivity (Wildman–Crippen MR) is 57.5 cm³/mol. The van der Waals surface area contributed by atoms with Crippen LogP contribution in [0.3, 0.4) is 0 Å². The molecule has 0 bridgehead atoms. The zero-order valence-electron chi connectivity index (χ0n) is 7.91. The average molecular weight is 202 g/mol. The highest BCUT2D eigenvalue weighted by Gasteiger charge is 2.20. The average Bonchev–Trinajstić information content (AvgIpc) is 2.15. The summed E-state index contributed by atoms with van der Waals surface area (Å²) in [6.07, 6.45) is 6.17. The Balaban J connectivity index is 2.46. The highest BCUT2D eigenvalue weighted by molar-refractivity contribution is 7.80. The first-order valence-electron chi connectivity index (χ1n) is 4.92. The highest BCUT2D eigenvalue weighted by Crippen LogP contribution is 2.22. The molecular weight excluding hydrogens is 184 g/mol. The van der Waals surface area contributed by atoms with Crippen LogP contribution in [0, 0.1) is 0 Å². The molecule has 1 saturated carbocycles. The first kappa shape index (κ1) is 10.7. The summed E-state index contributed by atoms with van der Waals surface area (Å²) >= 11 is 4.96. The van der Waals surface area contributed by atoms with Gasteiger partial charge in [-0.2, -0.15) is 0 Å². The van der Waals surface area contributed by atoms with Crippen LogP contribution in [0.15, 0.2) is 0 Å². The van der Waals surface area contributed by atoms with E-state index in [1.165, 1.54) is 19.3 Å². The minimum Gasteiger partial charge on any atom is -0.395 e. The topological polar surface area (TPSA) is 49.5 Å². The molecule has 0 saturated heterocycles. The van der Waals surface area contributed by atoms with E-state index in [0.717, 1.165) is 12.8 Å². The Kier molecular flexibility index (Phi) is 4.45. The van der Waals surface area contributed by atoms with Crippen LogP contribution < -0.4 is 5.73 Å². The molecule has 0 amide bonds. The van der Waals surface area contributed by atoms with Crippen molar-refractivity contribution in [3.63, 3.8) is 0 Å². The predicted octanol–water partition coefficient (Wildman–Crippen LogP) is 0.857. The number of hydrogen-bond donors (Lipinski definition) is 2. The summed E-state index contributed by atoms with van der Waals surface area (Å²) in [7, 11) is 0. The molecule has 4 heteroatoms. The molecule has 0 unspecified atom stereocenters. The molecule has 1 aliphatic rings. The van der Waals surface area contributed by atoms with Gasteiger partial charge >= 0.3 is 0 Å². The number of thiocarbonyl (C=S) groups is 1. The van der Waals surface area contributed by atoms with E-state index in [1.807, 2.05) is 4.90 Å². The smallest absolute Gasteiger partial charge is 0.166 e. The Morgan fingerprint density at radius 1 is 1.38 bits per heavy atom. The molecule has 0 aromatic heterocycles. The molecule has 1 rings (SSSR count). The molecule has 13 heavy (non-hydrogen) atoms. The molecule has 3 nitrogen and oxygen atoms in total. The maximum absolute atomic E-state index is 8.86. The van der Waals surface area contributed by atoms with E-state index in [2.05, 4.69) is 0 Å². The zero-order chi connectivity index (χ0) is 9.68. The minimum absolute atomic E-state index is 0.133. The van der Waals surface area contributed by atoms with Gasteiger partial charge in [0, 0.05) is 12.6 Å². The number of nitrogens with zero attached hydrogens (tertiary/aromatic N) is 1. The summed E-state index contributed by atoms with van der Waals surface area (Å²) in [5.41, 5.74) is 5.60. The van der Waals surface area contributed by atoms with Gasteiger partial charge in [0.15, 0.2) is 5.11 Å². The second-order valence-electron chi connectivity index (χ2n) is 3.55. The third-order valence-electron chi connectivity index (χ3n) is 2.64. The summed E-state index contributed by atoms with van der Waals surface area (Å²) in [6.45, 7) is 0.716. The van der Waals surface area contributed by atoms with Gasteiger partial charge in [0.05, 0.1) is 6.61 Å². The lowest BCUT2D eigenvalue weighted by Crippen LogP contribution is -2.45. The minimum atomic E-state index is 0.133. The van der Waals surface area contributed by atoms with Crippen LogP contribution in [0.4, 0.5) is 0 Å². The lowest BCUT2D eigenvalue weighted by atomic mass is 9.94. The van der Waals surface area contributed by atoms with Crippen molar-refractivity contribution in [1.82, 2.24) is 4.90 Å². The number of hydrogen-bond acceptors (Lipinski definition) is 2. The van der Waals surface area contributed by atoms with Gasteiger partial charge in [0.25, 0.3) is 0 Å². The molecule has 0 aromatic rings. The first-order valence-corrected chi connectivity index (χ1v) is 5.33. The fourth-order valence-electron chi connectivity index (χ4n) is 1.97. The Bertz CT molecular complexity index is 169. The van der Waals surface area contributed by atoms with E-state index < -0.39 is 0 Å². The summed E-state index contributed by atoms with van der Waals surface area (Å²) in [6, 6.07) is 0.471. The van der Waals surface area contributed by atoms with Gasteiger partial charge in [-0.15, -0.1) is 0 Å². The quantitative estimate of drug-likeness (QED) is 0.666. The number of aliphatic hydroxyl groups excluding tert-OH is 1. The maximum atomic E-state index is 8.86. The third-order valence-corrected chi connectivity index (χ3v) is 2.87. The van der Waals surface area contributed by atoms with Gasteiger partial charge in [0.2, 0.25) is 0 Å². The highest BCUT2D eigenvalue weighted by atomic mass is 32.1.